The molecule has 0 saturated carbocycles. The number of hydrogen-bond donors (Lipinski definition) is 1. The summed E-state index contributed by atoms with van der Waals surface area (Å²) >= 11 is 0. The second kappa shape index (κ2) is 4.66. The van der Waals surface area contributed by atoms with Crippen molar-refractivity contribution in [3.05, 3.63) is 29.8 Å². The zero-order valence-electron chi connectivity index (χ0n) is 10.4. The fourth-order valence-electron chi connectivity index (χ4n) is 2.78. The van der Waals surface area contributed by atoms with Crippen molar-refractivity contribution in [2.75, 3.05) is 24.7 Å². The Bertz CT molecular complexity index is 522. The molecule has 3 rings (SSSR count). The van der Waals surface area contributed by atoms with Crippen LogP contribution < -0.4 is 4.90 Å². The van der Waals surface area contributed by atoms with Gasteiger partial charge in [-0.3, -0.25) is 9.59 Å². The Hall–Kier alpha value is -1.88. The lowest BCUT2D eigenvalue weighted by molar-refractivity contribution is -0.138. The first-order valence-electron chi connectivity index (χ1n) is 6.39. The summed E-state index contributed by atoms with van der Waals surface area (Å²) in [5.74, 6) is -1.66. The quantitative estimate of drug-likeness (QED) is 0.869. The molecular weight excluding hydrogens is 246 g/mol. The molecule has 1 N–H and O–H groups in total. The van der Waals surface area contributed by atoms with Crippen molar-refractivity contribution in [3.63, 3.8) is 0 Å². The second-order valence-electron chi connectivity index (χ2n) is 4.96. The highest BCUT2D eigenvalue weighted by atomic mass is 16.5. The molecular formula is C14H15NO4. The molecule has 0 radical (unpaired) electrons. The number of amides is 1. The molecule has 0 bridgehead atoms. The molecule has 0 unspecified atom stereocenters. The van der Waals surface area contributed by atoms with Crippen molar-refractivity contribution in [1.29, 1.82) is 0 Å². The van der Waals surface area contributed by atoms with Crippen LogP contribution in [0.4, 0.5) is 5.69 Å². The molecule has 5 nitrogen and oxygen atoms in total. The fourth-order valence-corrected chi connectivity index (χ4v) is 2.78. The highest BCUT2D eigenvalue weighted by Crippen LogP contribution is 2.37. The number of carboxylic acid groups (broad SMARTS) is 1. The van der Waals surface area contributed by atoms with Crippen molar-refractivity contribution in [2.45, 2.75) is 12.3 Å². The summed E-state index contributed by atoms with van der Waals surface area (Å²) in [6, 6.07) is 7.23. The van der Waals surface area contributed by atoms with Gasteiger partial charge >= 0.3 is 5.97 Å². The molecule has 1 saturated heterocycles. The SMILES string of the molecule is O=C(O)[C@H]1CN(C(=O)[C@@H]2CCOC2)c2ccccc21. The Morgan fingerprint density at radius 2 is 2.11 bits per heavy atom. The van der Waals surface area contributed by atoms with Crippen LogP contribution in [-0.4, -0.2) is 36.7 Å². The maximum Gasteiger partial charge on any atom is 0.312 e. The maximum absolute atomic E-state index is 12.4. The van der Waals surface area contributed by atoms with E-state index < -0.39 is 11.9 Å². The number of benzene rings is 1. The molecule has 100 valence electrons. The summed E-state index contributed by atoms with van der Waals surface area (Å²) in [7, 11) is 0. The third kappa shape index (κ3) is 2.00. The Labute approximate surface area is 110 Å². The van der Waals surface area contributed by atoms with Gasteiger partial charge in [-0.2, -0.15) is 0 Å². The number of ether oxygens (including phenoxy) is 1. The number of aliphatic carboxylic acids is 1. The van der Waals surface area contributed by atoms with Crippen molar-refractivity contribution >= 4 is 17.6 Å². The van der Waals surface area contributed by atoms with Gasteiger partial charge in [0.1, 0.15) is 5.92 Å². The van der Waals surface area contributed by atoms with Gasteiger partial charge in [0.25, 0.3) is 0 Å². The molecule has 19 heavy (non-hydrogen) atoms. The normalized spacial score (nSPS) is 25.4. The number of carbonyl (C=O) groups excluding carboxylic acids is 1. The number of carbonyl (C=O) groups is 2. The Morgan fingerprint density at radius 1 is 1.32 bits per heavy atom. The van der Waals surface area contributed by atoms with Gasteiger partial charge in [-0.15, -0.1) is 0 Å². The topological polar surface area (TPSA) is 66.8 Å². The minimum atomic E-state index is -0.884. The van der Waals surface area contributed by atoms with Crippen LogP contribution in [-0.2, 0) is 14.3 Å². The third-order valence-electron chi connectivity index (χ3n) is 3.81. The molecule has 1 aromatic rings. The first kappa shape index (κ1) is 12.2. The molecule has 2 heterocycles. The summed E-state index contributed by atoms with van der Waals surface area (Å²) in [6.07, 6.45) is 0.717. The van der Waals surface area contributed by atoms with E-state index in [0.29, 0.717) is 13.2 Å². The van der Waals surface area contributed by atoms with Crippen LogP contribution in [0, 0.1) is 5.92 Å². The van der Waals surface area contributed by atoms with Gasteiger partial charge in [0, 0.05) is 18.8 Å². The fraction of sp³-hybridized carbons (Fsp3) is 0.429. The van der Waals surface area contributed by atoms with E-state index >= 15 is 0 Å². The van der Waals surface area contributed by atoms with E-state index in [2.05, 4.69) is 0 Å². The van der Waals surface area contributed by atoms with Gasteiger partial charge in [0.2, 0.25) is 5.91 Å². The Balaban J connectivity index is 1.91. The monoisotopic (exact) mass is 261 g/mol. The number of fused-ring (bicyclic) bond motifs is 1. The molecule has 0 aliphatic carbocycles. The van der Waals surface area contributed by atoms with Crippen LogP contribution >= 0.6 is 0 Å². The molecule has 1 fully saturated rings. The van der Waals surface area contributed by atoms with E-state index in [4.69, 9.17) is 4.74 Å². The largest absolute Gasteiger partial charge is 0.481 e. The van der Waals surface area contributed by atoms with Crippen molar-refractivity contribution in [3.8, 4) is 0 Å². The number of para-hydroxylation sites is 1. The summed E-state index contributed by atoms with van der Waals surface area (Å²) in [6.45, 7) is 1.27. The average Bonchev–Trinajstić information content (AvgIpc) is 3.05. The first-order chi connectivity index (χ1) is 9.18. The highest BCUT2D eigenvalue weighted by Gasteiger charge is 2.39. The molecule has 0 aromatic heterocycles. The molecule has 1 aromatic carbocycles. The second-order valence-corrected chi connectivity index (χ2v) is 4.96. The lowest BCUT2D eigenvalue weighted by atomic mass is 10.0. The van der Waals surface area contributed by atoms with Gasteiger partial charge in [-0.25, -0.2) is 0 Å². The van der Waals surface area contributed by atoms with Gasteiger partial charge < -0.3 is 14.7 Å². The van der Waals surface area contributed by atoms with Gasteiger partial charge in [-0.05, 0) is 18.1 Å². The molecule has 0 spiro atoms. The van der Waals surface area contributed by atoms with E-state index in [-0.39, 0.29) is 18.4 Å². The zero-order valence-corrected chi connectivity index (χ0v) is 10.4. The molecule has 1 amide bonds. The van der Waals surface area contributed by atoms with Crippen LogP contribution in [0.3, 0.4) is 0 Å². The lowest BCUT2D eigenvalue weighted by Crippen LogP contribution is -2.36. The van der Waals surface area contributed by atoms with Crippen LogP contribution in [0.2, 0.25) is 0 Å². The lowest BCUT2D eigenvalue weighted by Gasteiger charge is -2.20. The van der Waals surface area contributed by atoms with Gasteiger partial charge in [-0.1, -0.05) is 18.2 Å². The van der Waals surface area contributed by atoms with E-state index in [9.17, 15) is 14.7 Å². The number of carboxylic acids is 1. The van der Waals surface area contributed by atoms with Gasteiger partial charge in [0.15, 0.2) is 0 Å². The molecule has 2 aliphatic heterocycles. The summed E-state index contributed by atoms with van der Waals surface area (Å²) in [4.78, 5) is 25.3. The zero-order chi connectivity index (χ0) is 13.4. The van der Waals surface area contributed by atoms with Crippen LogP contribution in [0.1, 0.15) is 17.9 Å². The Kier molecular flexibility index (Phi) is 2.98. The van der Waals surface area contributed by atoms with Crippen LogP contribution in [0.25, 0.3) is 0 Å². The number of hydrogen-bond acceptors (Lipinski definition) is 3. The van der Waals surface area contributed by atoms with Crippen LogP contribution in [0.5, 0.6) is 0 Å². The molecule has 2 aliphatic rings. The van der Waals surface area contributed by atoms with Crippen LogP contribution in [0.15, 0.2) is 24.3 Å². The summed E-state index contributed by atoms with van der Waals surface area (Å²) < 4.78 is 5.24. The number of nitrogens with zero attached hydrogens (tertiary/aromatic N) is 1. The summed E-state index contributed by atoms with van der Waals surface area (Å²) in [5.41, 5.74) is 1.45. The first-order valence-corrected chi connectivity index (χ1v) is 6.39. The Morgan fingerprint density at radius 3 is 2.79 bits per heavy atom. The highest BCUT2D eigenvalue weighted by molar-refractivity contribution is 6.00. The standard InChI is InChI=1S/C14H15NO4/c16-13(9-5-6-19-8-9)15-7-11(14(17)18)10-3-1-2-4-12(10)15/h1-4,9,11H,5-8H2,(H,17,18)/t9-,11+/m1/s1. The number of rotatable bonds is 2. The van der Waals surface area contributed by atoms with Gasteiger partial charge in [0.05, 0.1) is 12.5 Å². The number of anilines is 1. The van der Waals surface area contributed by atoms with Crippen molar-refractivity contribution in [2.24, 2.45) is 5.92 Å². The minimum Gasteiger partial charge on any atom is -0.481 e. The maximum atomic E-state index is 12.4. The average molecular weight is 261 g/mol. The van der Waals surface area contributed by atoms with E-state index in [1.807, 2.05) is 12.1 Å². The van der Waals surface area contributed by atoms with E-state index in [0.717, 1.165) is 17.7 Å². The summed E-state index contributed by atoms with van der Waals surface area (Å²) in [5, 5.41) is 9.26. The molecule has 2 atom stereocenters. The smallest absolute Gasteiger partial charge is 0.312 e. The van der Waals surface area contributed by atoms with Crippen molar-refractivity contribution in [1.82, 2.24) is 0 Å². The van der Waals surface area contributed by atoms with Crippen molar-refractivity contribution < 1.29 is 19.4 Å². The predicted octanol–water partition coefficient (Wildman–Crippen LogP) is 1.24. The minimum absolute atomic E-state index is 0.0197. The van der Waals surface area contributed by atoms with E-state index in [1.54, 1.807) is 17.0 Å². The third-order valence-corrected chi connectivity index (χ3v) is 3.81. The van der Waals surface area contributed by atoms with E-state index in [1.165, 1.54) is 0 Å². The molecule has 5 heteroatoms. The predicted molar refractivity (Wildman–Crippen MR) is 68.1 cm³/mol.